The molecule has 0 aromatic carbocycles. The lowest BCUT2D eigenvalue weighted by Gasteiger charge is -2.35. The van der Waals surface area contributed by atoms with E-state index in [9.17, 15) is 4.79 Å². The third kappa shape index (κ3) is 6.37. The molecular formula is C18H36N2O. The summed E-state index contributed by atoms with van der Waals surface area (Å²) in [5, 5.41) is 3.32. The fourth-order valence-corrected chi connectivity index (χ4v) is 3.76. The first-order valence-electron chi connectivity index (χ1n) is 8.95. The van der Waals surface area contributed by atoms with Crippen LogP contribution in [0.25, 0.3) is 0 Å². The second-order valence-electron chi connectivity index (χ2n) is 7.49. The van der Waals surface area contributed by atoms with Gasteiger partial charge in [0.15, 0.2) is 0 Å². The van der Waals surface area contributed by atoms with Crippen LogP contribution in [-0.4, -0.2) is 18.5 Å². The van der Waals surface area contributed by atoms with Gasteiger partial charge in [0.25, 0.3) is 0 Å². The van der Waals surface area contributed by atoms with Gasteiger partial charge in [-0.1, -0.05) is 40.5 Å². The summed E-state index contributed by atoms with van der Waals surface area (Å²) in [6.45, 7) is 9.75. The fourth-order valence-electron chi connectivity index (χ4n) is 3.76. The van der Waals surface area contributed by atoms with E-state index in [2.05, 4.69) is 33.0 Å². The highest BCUT2D eigenvalue weighted by atomic mass is 16.1. The predicted octanol–water partition coefficient (Wildman–Crippen LogP) is 3.72. The SMILES string of the molecule is CC(C)C(CCN)CCC(=O)NC1CCCCC1C(C)C. The van der Waals surface area contributed by atoms with Crippen molar-refractivity contribution in [3.63, 3.8) is 0 Å². The lowest BCUT2D eigenvalue weighted by atomic mass is 9.77. The predicted molar refractivity (Wildman–Crippen MR) is 90.0 cm³/mol. The number of amides is 1. The molecule has 3 nitrogen and oxygen atoms in total. The van der Waals surface area contributed by atoms with Crippen molar-refractivity contribution in [1.29, 1.82) is 0 Å². The van der Waals surface area contributed by atoms with Crippen molar-refractivity contribution in [2.75, 3.05) is 6.54 Å². The van der Waals surface area contributed by atoms with Gasteiger partial charge in [-0.2, -0.15) is 0 Å². The highest BCUT2D eigenvalue weighted by molar-refractivity contribution is 5.76. The van der Waals surface area contributed by atoms with E-state index in [0.29, 0.717) is 36.1 Å². The van der Waals surface area contributed by atoms with Crippen LogP contribution in [0.4, 0.5) is 0 Å². The molecule has 1 aliphatic carbocycles. The van der Waals surface area contributed by atoms with Crippen molar-refractivity contribution >= 4 is 5.91 Å². The maximum atomic E-state index is 12.3. The lowest BCUT2D eigenvalue weighted by Crippen LogP contribution is -2.44. The normalized spacial score (nSPS) is 24.3. The highest BCUT2D eigenvalue weighted by Gasteiger charge is 2.28. The Morgan fingerprint density at radius 2 is 1.81 bits per heavy atom. The van der Waals surface area contributed by atoms with Gasteiger partial charge in [0.2, 0.25) is 5.91 Å². The van der Waals surface area contributed by atoms with E-state index in [4.69, 9.17) is 5.73 Å². The summed E-state index contributed by atoms with van der Waals surface area (Å²) in [6, 6.07) is 0.401. The number of nitrogens with two attached hydrogens (primary N) is 1. The van der Waals surface area contributed by atoms with E-state index in [1.54, 1.807) is 0 Å². The Labute approximate surface area is 131 Å². The zero-order chi connectivity index (χ0) is 15.8. The molecule has 1 fully saturated rings. The van der Waals surface area contributed by atoms with Crippen LogP contribution in [0.15, 0.2) is 0 Å². The smallest absolute Gasteiger partial charge is 0.220 e. The van der Waals surface area contributed by atoms with E-state index in [-0.39, 0.29) is 5.91 Å². The van der Waals surface area contributed by atoms with Crippen molar-refractivity contribution in [2.24, 2.45) is 29.4 Å². The minimum atomic E-state index is 0.246. The number of hydrogen-bond donors (Lipinski definition) is 2. The molecule has 1 rings (SSSR count). The first kappa shape index (κ1) is 18.5. The topological polar surface area (TPSA) is 55.1 Å². The standard InChI is InChI=1S/C18H36N2O/c1-13(2)15(11-12-19)9-10-18(21)20-17-8-6-5-7-16(17)14(3)4/h13-17H,5-12,19H2,1-4H3,(H,20,21). The van der Waals surface area contributed by atoms with Gasteiger partial charge < -0.3 is 11.1 Å². The summed E-state index contributed by atoms with van der Waals surface area (Å²) in [5.74, 6) is 2.76. The summed E-state index contributed by atoms with van der Waals surface area (Å²) < 4.78 is 0. The first-order valence-corrected chi connectivity index (χ1v) is 8.95. The van der Waals surface area contributed by atoms with Crippen LogP contribution >= 0.6 is 0 Å². The molecule has 0 radical (unpaired) electrons. The van der Waals surface area contributed by atoms with E-state index in [1.165, 1.54) is 19.3 Å². The minimum absolute atomic E-state index is 0.246. The molecule has 0 heterocycles. The molecule has 0 saturated heterocycles. The Morgan fingerprint density at radius 3 is 2.38 bits per heavy atom. The van der Waals surface area contributed by atoms with Gasteiger partial charge in [-0.25, -0.2) is 0 Å². The molecule has 21 heavy (non-hydrogen) atoms. The number of rotatable bonds is 8. The molecule has 0 bridgehead atoms. The molecule has 124 valence electrons. The molecule has 0 aromatic rings. The highest BCUT2D eigenvalue weighted by Crippen LogP contribution is 2.30. The fraction of sp³-hybridized carbons (Fsp3) is 0.944. The largest absolute Gasteiger partial charge is 0.353 e. The van der Waals surface area contributed by atoms with Crippen molar-refractivity contribution in [2.45, 2.75) is 78.7 Å². The molecule has 1 saturated carbocycles. The average molecular weight is 296 g/mol. The van der Waals surface area contributed by atoms with Crippen LogP contribution in [0.3, 0.4) is 0 Å². The summed E-state index contributed by atoms with van der Waals surface area (Å²) >= 11 is 0. The van der Waals surface area contributed by atoms with E-state index in [0.717, 1.165) is 25.8 Å². The van der Waals surface area contributed by atoms with E-state index in [1.807, 2.05) is 0 Å². The monoisotopic (exact) mass is 296 g/mol. The van der Waals surface area contributed by atoms with E-state index >= 15 is 0 Å². The van der Waals surface area contributed by atoms with Crippen molar-refractivity contribution < 1.29 is 4.79 Å². The quantitative estimate of drug-likeness (QED) is 0.717. The first-order chi connectivity index (χ1) is 9.95. The van der Waals surface area contributed by atoms with Crippen LogP contribution in [0, 0.1) is 23.7 Å². The molecule has 0 aliphatic heterocycles. The summed E-state index contributed by atoms with van der Waals surface area (Å²) in [4.78, 5) is 12.3. The Morgan fingerprint density at radius 1 is 1.14 bits per heavy atom. The van der Waals surface area contributed by atoms with Gasteiger partial charge in [0.1, 0.15) is 0 Å². The Hall–Kier alpha value is -0.570. The van der Waals surface area contributed by atoms with Crippen LogP contribution in [0.2, 0.25) is 0 Å². The molecule has 0 aromatic heterocycles. The lowest BCUT2D eigenvalue weighted by molar-refractivity contribution is -0.122. The zero-order valence-electron chi connectivity index (χ0n) is 14.5. The Kier molecular flexibility index (Phi) is 8.31. The molecule has 3 N–H and O–H groups in total. The summed E-state index contributed by atoms with van der Waals surface area (Å²) in [7, 11) is 0. The maximum absolute atomic E-state index is 12.3. The summed E-state index contributed by atoms with van der Waals surface area (Å²) in [5.41, 5.74) is 5.67. The second-order valence-corrected chi connectivity index (χ2v) is 7.49. The van der Waals surface area contributed by atoms with Gasteiger partial charge in [0, 0.05) is 12.5 Å². The van der Waals surface area contributed by atoms with Crippen LogP contribution in [-0.2, 0) is 4.79 Å². The zero-order valence-corrected chi connectivity index (χ0v) is 14.5. The second kappa shape index (κ2) is 9.45. The molecule has 3 atom stereocenters. The molecule has 3 unspecified atom stereocenters. The molecule has 1 amide bonds. The Balaban J connectivity index is 2.41. The van der Waals surface area contributed by atoms with Crippen LogP contribution in [0.5, 0.6) is 0 Å². The van der Waals surface area contributed by atoms with Crippen LogP contribution in [0.1, 0.15) is 72.6 Å². The summed E-state index contributed by atoms with van der Waals surface area (Å²) in [6.07, 6.45) is 7.67. The molecule has 1 aliphatic rings. The molecule has 0 spiro atoms. The molecular weight excluding hydrogens is 260 g/mol. The van der Waals surface area contributed by atoms with Crippen molar-refractivity contribution in [1.82, 2.24) is 5.32 Å². The average Bonchev–Trinajstić information content (AvgIpc) is 2.43. The third-order valence-corrected chi connectivity index (χ3v) is 5.24. The number of hydrogen-bond acceptors (Lipinski definition) is 2. The number of carbonyl (C=O) groups is 1. The van der Waals surface area contributed by atoms with Crippen molar-refractivity contribution in [3.8, 4) is 0 Å². The maximum Gasteiger partial charge on any atom is 0.220 e. The number of nitrogens with one attached hydrogen (secondary N) is 1. The van der Waals surface area contributed by atoms with Crippen LogP contribution < -0.4 is 11.1 Å². The Bertz CT molecular complexity index is 302. The van der Waals surface area contributed by atoms with Gasteiger partial charge in [-0.15, -0.1) is 0 Å². The van der Waals surface area contributed by atoms with Gasteiger partial charge >= 0.3 is 0 Å². The van der Waals surface area contributed by atoms with Gasteiger partial charge in [-0.05, 0) is 55.9 Å². The minimum Gasteiger partial charge on any atom is -0.353 e. The van der Waals surface area contributed by atoms with Crippen molar-refractivity contribution in [3.05, 3.63) is 0 Å². The molecule has 3 heteroatoms. The van der Waals surface area contributed by atoms with Gasteiger partial charge in [0.05, 0.1) is 0 Å². The van der Waals surface area contributed by atoms with E-state index < -0.39 is 0 Å². The van der Waals surface area contributed by atoms with Gasteiger partial charge in [-0.3, -0.25) is 4.79 Å². The number of carbonyl (C=O) groups excluding carboxylic acids is 1. The third-order valence-electron chi connectivity index (χ3n) is 5.24.